The lowest BCUT2D eigenvalue weighted by Crippen LogP contribution is -2.26. The van der Waals surface area contributed by atoms with E-state index >= 15 is 0 Å². The predicted octanol–water partition coefficient (Wildman–Crippen LogP) is 1.96. The maximum absolute atomic E-state index is 9.92. The Morgan fingerprint density at radius 3 is 2.53 bits per heavy atom. The third-order valence-electron chi connectivity index (χ3n) is 2.72. The summed E-state index contributed by atoms with van der Waals surface area (Å²) in [6.45, 7) is 9.32. The van der Waals surface area contributed by atoms with E-state index < -0.39 is 5.79 Å². The van der Waals surface area contributed by atoms with Crippen molar-refractivity contribution >= 4 is 11.6 Å². The lowest BCUT2D eigenvalue weighted by atomic mass is 10.0. The maximum Gasteiger partial charge on any atom is 0.297 e. The van der Waals surface area contributed by atoms with E-state index in [4.69, 9.17) is 4.74 Å². The van der Waals surface area contributed by atoms with Crippen LogP contribution >= 0.6 is 0 Å². The van der Waals surface area contributed by atoms with E-state index in [2.05, 4.69) is 11.6 Å². The van der Waals surface area contributed by atoms with E-state index in [1.54, 1.807) is 23.8 Å². The molecule has 106 valence electrons. The summed E-state index contributed by atoms with van der Waals surface area (Å²) in [5, 5.41) is 19.8. The third kappa shape index (κ3) is 3.24. The Morgan fingerprint density at radius 1 is 1.47 bits per heavy atom. The van der Waals surface area contributed by atoms with Crippen molar-refractivity contribution in [3.63, 3.8) is 0 Å². The molecule has 2 N–H and O–H groups in total. The van der Waals surface area contributed by atoms with Crippen LogP contribution in [0.1, 0.15) is 38.6 Å². The van der Waals surface area contributed by atoms with Crippen LogP contribution in [0.25, 0.3) is 11.6 Å². The number of hydrogen-bond acceptors (Lipinski definition) is 4. The molecule has 1 aromatic rings. The molecule has 0 aliphatic rings. The normalized spacial score (nSPS) is 12.6. The number of aliphatic hydroxyl groups is 2. The minimum Gasteiger partial charge on any atom is -0.465 e. The second-order valence-corrected chi connectivity index (χ2v) is 4.37. The van der Waals surface area contributed by atoms with Gasteiger partial charge in [0.05, 0.1) is 18.0 Å². The first-order chi connectivity index (χ1) is 8.86. The largest absolute Gasteiger partial charge is 0.465 e. The number of hydrogen-bond donors (Lipinski definition) is 2. The molecule has 0 aliphatic heterocycles. The van der Waals surface area contributed by atoms with Crippen molar-refractivity contribution in [2.24, 2.45) is 7.05 Å². The Hall–Kier alpha value is -1.59. The molecule has 1 rings (SSSR count). The smallest absolute Gasteiger partial charge is 0.297 e. The van der Waals surface area contributed by atoms with Gasteiger partial charge in [-0.05, 0) is 26.3 Å². The summed E-state index contributed by atoms with van der Waals surface area (Å²) < 4.78 is 7.12. The van der Waals surface area contributed by atoms with Crippen LogP contribution in [0.15, 0.2) is 12.7 Å². The zero-order valence-corrected chi connectivity index (χ0v) is 12.0. The van der Waals surface area contributed by atoms with Crippen molar-refractivity contribution in [1.82, 2.24) is 9.55 Å². The fourth-order valence-electron chi connectivity index (χ4n) is 1.94. The summed E-state index contributed by atoms with van der Waals surface area (Å²) in [5.41, 5.74) is 1.57. The van der Waals surface area contributed by atoms with Gasteiger partial charge < -0.3 is 14.9 Å². The van der Waals surface area contributed by atoms with Gasteiger partial charge in [0.1, 0.15) is 0 Å². The van der Waals surface area contributed by atoms with E-state index in [1.807, 2.05) is 13.8 Å². The Kier molecular flexibility index (Phi) is 4.91. The van der Waals surface area contributed by atoms with Crippen LogP contribution in [-0.2, 0) is 7.05 Å². The van der Waals surface area contributed by atoms with E-state index in [9.17, 15) is 10.2 Å². The fourth-order valence-corrected chi connectivity index (χ4v) is 1.94. The summed E-state index contributed by atoms with van der Waals surface area (Å²) in [5.74, 6) is -1.94. The standard InChI is InChI=1S/C14H22N2O3/c1-6-9-10(14(4,17)18)12-11(7-2)15-13(16(12)5)19-8-3/h7,9,17-18H,2,6,8H2,1,3-5H3/b10-9+. The molecule has 0 atom stereocenters. The minimum absolute atomic E-state index is 0.394. The first-order valence-corrected chi connectivity index (χ1v) is 6.34. The van der Waals surface area contributed by atoms with Crippen molar-refractivity contribution in [2.45, 2.75) is 33.0 Å². The molecule has 19 heavy (non-hydrogen) atoms. The van der Waals surface area contributed by atoms with Crippen LogP contribution in [0.3, 0.4) is 0 Å². The third-order valence-corrected chi connectivity index (χ3v) is 2.72. The van der Waals surface area contributed by atoms with Gasteiger partial charge in [-0.25, -0.2) is 0 Å². The van der Waals surface area contributed by atoms with Crippen molar-refractivity contribution < 1.29 is 14.9 Å². The van der Waals surface area contributed by atoms with Gasteiger partial charge >= 0.3 is 0 Å². The topological polar surface area (TPSA) is 67.5 Å². The highest BCUT2D eigenvalue weighted by atomic mass is 16.5. The molecule has 5 heteroatoms. The second kappa shape index (κ2) is 6.04. The molecule has 0 aliphatic carbocycles. The molecule has 0 bridgehead atoms. The second-order valence-electron chi connectivity index (χ2n) is 4.37. The Labute approximate surface area is 113 Å². The molecule has 0 saturated carbocycles. The zero-order chi connectivity index (χ0) is 14.6. The van der Waals surface area contributed by atoms with Crippen molar-refractivity contribution in [3.8, 4) is 6.01 Å². The SMILES string of the molecule is C=Cc1nc(OCC)n(C)c1/C(=C\CC)C(C)(O)O. The quantitative estimate of drug-likeness (QED) is 0.772. The summed E-state index contributed by atoms with van der Waals surface area (Å²) in [6, 6.07) is 0.429. The molecule has 1 aromatic heterocycles. The van der Waals surface area contributed by atoms with Crippen molar-refractivity contribution in [2.75, 3.05) is 6.61 Å². The number of aromatic nitrogens is 2. The Balaban J connectivity index is 3.46. The van der Waals surface area contributed by atoms with Crippen LogP contribution in [-0.4, -0.2) is 32.2 Å². The van der Waals surface area contributed by atoms with Gasteiger partial charge in [-0.2, -0.15) is 4.98 Å². The van der Waals surface area contributed by atoms with Crippen molar-refractivity contribution in [1.29, 1.82) is 0 Å². The molecule has 5 nitrogen and oxygen atoms in total. The number of imidazole rings is 1. The number of rotatable bonds is 6. The molecular weight excluding hydrogens is 244 g/mol. The highest BCUT2D eigenvalue weighted by Gasteiger charge is 2.29. The summed E-state index contributed by atoms with van der Waals surface area (Å²) in [6.07, 6.45) is 4.02. The van der Waals surface area contributed by atoms with E-state index in [1.165, 1.54) is 6.92 Å². The first-order valence-electron chi connectivity index (χ1n) is 6.34. The van der Waals surface area contributed by atoms with Gasteiger partial charge in [0.25, 0.3) is 6.01 Å². The minimum atomic E-state index is -1.94. The maximum atomic E-state index is 9.92. The first kappa shape index (κ1) is 15.5. The molecular formula is C14H22N2O3. The zero-order valence-electron chi connectivity index (χ0n) is 12.0. The summed E-state index contributed by atoms with van der Waals surface area (Å²) in [7, 11) is 1.77. The number of allylic oxidation sites excluding steroid dienone is 1. The average Bonchev–Trinajstić information content (AvgIpc) is 2.63. The fraction of sp³-hybridized carbons (Fsp3) is 0.500. The van der Waals surface area contributed by atoms with Gasteiger partial charge in [0, 0.05) is 12.6 Å². The van der Waals surface area contributed by atoms with Crippen LogP contribution in [0.4, 0.5) is 0 Å². The number of nitrogens with zero attached hydrogens (tertiary/aromatic N) is 2. The Bertz CT molecular complexity index is 482. The Morgan fingerprint density at radius 2 is 2.11 bits per heavy atom. The van der Waals surface area contributed by atoms with E-state index in [0.717, 1.165) is 0 Å². The van der Waals surface area contributed by atoms with Crippen LogP contribution in [0.2, 0.25) is 0 Å². The molecule has 0 fully saturated rings. The number of ether oxygens (including phenoxy) is 1. The predicted molar refractivity (Wildman–Crippen MR) is 75.6 cm³/mol. The highest BCUT2D eigenvalue weighted by Crippen LogP contribution is 2.31. The van der Waals surface area contributed by atoms with E-state index in [0.29, 0.717) is 36.0 Å². The van der Waals surface area contributed by atoms with E-state index in [-0.39, 0.29) is 0 Å². The van der Waals surface area contributed by atoms with Crippen LogP contribution in [0, 0.1) is 0 Å². The lowest BCUT2D eigenvalue weighted by Gasteiger charge is -2.21. The van der Waals surface area contributed by atoms with Crippen LogP contribution in [0.5, 0.6) is 6.01 Å². The lowest BCUT2D eigenvalue weighted by molar-refractivity contribution is -0.0912. The molecule has 0 spiro atoms. The monoisotopic (exact) mass is 266 g/mol. The molecule has 0 radical (unpaired) electrons. The summed E-state index contributed by atoms with van der Waals surface area (Å²) in [4.78, 5) is 4.29. The summed E-state index contributed by atoms with van der Waals surface area (Å²) >= 11 is 0. The molecule has 0 unspecified atom stereocenters. The average molecular weight is 266 g/mol. The molecule has 0 aromatic carbocycles. The van der Waals surface area contributed by atoms with Gasteiger partial charge in [-0.1, -0.05) is 19.6 Å². The van der Waals surface area contributed by atoms with Gasteiger partial charge in [0.15, 0.2) is 5.79 Å². The molecule has 1 heterocycles. The van der Waals surface area contributed by atoms with Gasteiger partial charge in [-0.15, -0.1) is 0 Å². The highest BCUT2D eigenvalue weighted by molar-refractivity contribution is 5.74. The van der Waals surface area contributed by atoms with Gasteiger partial charge in [-0.3, -0.25) is 4.57 Å². The molecule has 0 saturated heterocycles. The van der Waals surface area contributed by atoms with Gasteiger partial charge in [0.2, 0.25) is 0 Å². The van der Waals surface area contributed by atoms with Crippen molar-refractivity contribution in [3.05, 3.63) is 24.0 Å². The van der Waals surface area contributed by atoms with Crippen LogP contribution < -0.4 is 4.74 Å². The molecule has 0 amide bonds.